The minimum absolute atomic E-state index is 0.0761. The number of hydrogen-bond donors (Lipinski definition) is 2. The van der Waals surface area contributed by atoms with Crippen LogP contribution < -0.4 is 10.1 Å². The lowest BCUT2D eigenvalue weighted by molar-refractivity contribution is -0.137. The first-order valence-corrected chi connectivity index (χ1v) is 11.7. The van der Waals surface area contributed by atoms with Crippen LogP contribution in [0.3, 0.4) is 0 Å². The molecule has 0 saturated carbocycles. The maximum Gasteiger partial charge on any atom is 0.303 e. The molecule has 6 nitrogen and oxygen atoms in total. The molecule has 6 heteroatoms. The van der Waals surface area contributed by atoms with Gasteiger partial charge < -0.3 is 15.2 Å². The second kappa shape index (κ2) is 11.3. The van der Waals surface area contributed by atoms with Crippen molar-refractivity contribution in [2.45, 2.75) is 38.7 Å². The van der Waals surface area contributed by atoms with Gasteiger partial charge in [0, 0.05) is 24.5 Å². The molecular formula is C29H28N2O4. The summed E-state index contributed by atoms with van der Waals surface area (Å²) < 4.78 is 5.84. The third-order valence-electron chi connectivity index (χ3n) is 6.01. The lowest BCUT2D eigenvalue weighted by Gasteiger charge is -2.18. The van der Waals surface area contributed by atoms with E-state index in [1.54, 1.807) is 24.5 Å². The van der Waals surface area contributed by atoms with Crippen LogP contribution in [0.4, 0.5) is 5.69 Å². The van der Waals surface area contributed by atoms with E-state index >= 15 is 0 Å². The summed E-state index contributed by atoms with van der Waals surface area (Å²) in [4.78, 5) is 28.3. The highest BCUT2D eigenvalue weighted by Crippen LogP contribution is 2.28. The molecule has 1 atom stereocenters. The molecule has 0 bridgehead atoms. The van der Waals surface area contributed by atoms with Crippen molar-refractivity contribution in [2.24, 2.45) is 0 Å². The molecule has 0 aliphatic carbocycles. The number of amides is 1. The van der Waals surface area contributed by atoms with Crippen molar-refractivity contribution in [3.63, 3.8) is 0 Å². The normalized spacial score (nSPS) is 11.7. The van der Waals surface area contributed by atoms with Gasteiger partial charge in [-0.3, -0.25) is 14.6 Å². The molecule has 1 amide bonds. The van der Waals surface area contributed by atoms with Crippen LogP contribution in [0.5, 0.6) is 5.75 Å². The Morgan fingerprint density at radius 2 is 1.77 bits per heavy atom. The maximum atomic E-state index is 13.3. The highest BCUT2D eigenvalue weighted by atomic mass is 16.5. The van der Waals surface area contributed by atoms with Crippen LogP contribution in [0.25, 0.3) is 10.8 Å². The zero-order valence-electron chi connectivity index (χ0n) is 19.6. The van der Waals surface area contributed by atoms with E-state index in [0.717, 1.165) is 27.5 Å². The predicted octanol–water partition coefficient (Wildman–Crippen LogP) is 5.96. The summed E-state index contributed by atoms with van der Waals surface area (Å²) in [5, 5.41) is 14.3. The number of anilines is 1. The zero-order valence-corrected chi connectivity index (χ0v) is 19.6. The summed E-state index contributed by atoms with van der Waals surface area (Å²) in [5.41, 5.74) is 3.45. The lowest BCUT2D eigenvalue weighted by atomic mass is 9.94. The summed E-state index contributed by atoms with van der Waals surface area (Å²) in [5.74, 6) is -0.610. The predicted molar refractivity (Wildman–Crippen MR) is 137 cm³/mol. The molecule has 0 aliphatic rings. The van der Waals surface area contributed by atoms with Gasteiger partial charge in [-0.2, -0.15) is 0 Å². The number of carbonyl (C=O) groups is 2. The van der Waals surface area contributed by atoms with E-state index in [9.17, 15) is 9.59 Å². The van der Waals surface area contributed by atoms with Crippen molar-refractivity contribution in [3.05, 3.63) is 102 Å². The summed E-state index contributed by atoms with van der Waals surface area (Å²) in [6.45, 7) is 2.23. The van der Waals surface area contributed by atoms with Gasteiger partial charge >= 0.3 is 5.97 Å². The first-order valence-electron chi connectivity index (χ1n) is 11.7. The molecule has 4 rings (SSSR count). The number of benzene rings is 3. The summed E-state index contributed by atoms with van der Waals surface area (Å²) in [7, 11) is 0. The van der Waals surface area contributed by atoms with Crippen molar-refractivity contribution < 1.29 is 19.4 Å². The summed E-state index contributed by atoms with van der Waals surface area (Å²) in [6.07, 6.45) is 4.45. The van der Waals surface area contributed by atoms with E-state index in [-0.39, 0.29) is 18.2 Å². The number of aryl methyl sites for hydroxylation is 1. The fraction of sp³-hybridized carbons (Fsp3) is 0.207. The Kier molecular flexibility index (Phi) is 7.73. The maximum absolute atomic E-state index is 13.3. The van der Waals surface area contributed by atoms with Gasteiger partial charge in [-0.25, -0.2) is 0 Å². The fourth-order valence-electron chi connectivity index (χ4n) is 4.09. The van der Waals surface area contributed by atoms with Crippen LogP contribution >= 0.6 is 0 Å². The molecule has 2 N–H and O–H groups in total. The van der Waals surface area contributed by atoms with Gasteiger partial charge in [-0.1, -0.05) is 54.6 Å². The molecule has 0 aliphatic heterocycles. The van der Waals surface area contributed by atoms with Crippen molar-refractivity contribution in [1.82, 2.24) is 4.98 Å². The molecule has 0 saturated heterocycles. The average molecular weight is 469 g/mol. The zero-order chi connectivity index (χ0) is 24.6. The Morgan fingerprint density at radius 3 is 2.57 bits per heavy atom. The van der Waals surface area contributed by atoms with Crippen molar-refractivity contribution in [1.29, 1.82) is 0 Å². The summed E-state index contributed by atoms with van der Waals surface area (Å²) in [6, 6.07) is 23.4. The topological polar surface area (TPSA) is 88.5 Å². The molecule has 0 spiro atoms. The molecular weight excluding hydrogens is 440 g/mol. The molecule has 178 valence electrons. The van der Waals surface area contributed by atoms with Gasteiger partial charge in [-0.15, -0.1) is 0 Å². The number of ether oxygens (including phenoxy) is 1. The highest BCUT2D eigenvalue weighted by Gasteiger charge is 2.19. The number of rotatable bonds is 10. The number of carboxylic acid groups (broad SMARTS) is 1. The van der Waals surface area contributed by atoms with Gasteiger partial charge in [0.2, 0.25) is 5.91 Å². The van der Waals surface area contributed by atoms with Gasteiger partial charge in [0.1, 0.15) is 12.4 Å². The number of fused-ring (bicyclic) bond motifs is 1. The van der Waals surface area contributed by atoms with Gasteiger partial charge in [0.05, 0.1) is 5.92 Å². The minimum atomic E-state index is -0.831. The van der Waals surface area contributed by atoms with E-state index in [1.165, 1.54) is 0 Å². The Bertz CT molecular complexity index is 1320. The first kappa shape index (κ1) is 24.0. The second-order valence-electron chi connectivity index (χ2n) is 8.49. The number of carboxylic acids is 1. The Hall–Kier alpha value is -4.19. The number of pyridine rings is 1. The van der Waals surface area contributed by atoms with E-state index in [0.29, 0.717) is 30.9 Å². The third-order valence-corrected chi connectivity index (χ3v) is 6.01. The number of aliphatic carboxylic acids is 1. The van der Waals surface area contributed by atoms with E-state index in [1.807, 2.05) is 67.6 Å². The smallest absolute Gasteiger partial charge is 0.303 e. The van der Waals surface area contributed by atoms with Gasteiger partial charge in [-0.05, 0) is 65.4 Å². The van der Waals surface area contributed by atoms with Crippen LogP contribution in [0.2, 0.25) is 0 Å². The monoisotopic (exact) mass is 468 g/mol. The third kappa shape index (κ3) is 6.23. The summed E-state index contributed by atoms with van der Waals surface area (Å²) >= 11 is 0. The molecule has 1 unspecified atom stereocenters. The van der Waals surface area contributed by atoms with Gasteiger partial charge in [0.25, 0.3) is 0 Å². The fourth-order valence-corrected chi connectivity index (χ4v) is 4.09. The average Bonchev–Trinajstić information content (AvgIpc) is 2.88. The molecule has 35 heavy (non-hydrogen) atoms. The van der Waals surface area contributed by atoms with E-state index < -0.39 is 5.97 Å². The quantitative estimate of drug-likeness (QED) is 0.300. The second-order valence-corrected chi connectivity index (χ2v) is 8.49. The van der Waals surface area contributed by atoms with E-state index in [2.05, 4.69) is 10.3 Å². The van der Waals surface area contributed by atoms with Crippen molar-refractivity contribution in [2.75, 3.05) is 5.32 Å². The number of hydrogen-bond acceptors (Lipinski definition) is 4. The Labute approximate surface area is 204 Å². The standard InChI is InChI=1S/C29H28N2O4/c1-20(25-10-4-7-22-6-2-3-9-26(22)25)29(34)31-27-18-21(19-35-24-14-16-30-17-15-24)12-13-23(27)8-5-11-28(32)33/h2-4,6-7,9-10,12-18,20H,5,8,11,19H2,1H3,(H,31,34)(H,32,33). The number of nitrogens with one attached hydrogen (secondary N) is 1. The van der Waals surface area contributed by atoms with Crippen LogP contribution in [-0.4, -0.2) is 22.0 Å². The number of nitrogens with zero attached hydrogens (tertiary/aromatic N) is 1. The van der Waals surface area contributed by atoms with Crippen LogP contribution in [-0.2, 0) is 22.6 Å². The Morgan fingerprint density at radius 1 is 1.00 bits per heavy atom. The van der Waals surface area contributed by atoms with Crippen molar-refractivity contribution >= 4 is 28.3 Å². The largest absolute Gasteiger partial charge is 0.489 e. The molecule has 0 fully saturated rings. The van der Waals surface area contributed by atoms with Crippen molar-refractivity contribution in [3.8, 4) is 5.75 Å². The highest BCUT2D eigenvalue weighted by molar-refractivity contribution is 5.99. The Balaban J connectivity index is 1.55. The van der Waals surface area contributed by atoms with Gasteiger partial charge in [0.15, 0.2) is 0 Å². The molecule has 0 radical (unpaired) electrons. The molecule has 3 aromatic carbocycles. The van der Waals surface area contributed by atoms with E-state index in [4.69, 9.17) is 9.84 Å². The minimum Gasteiger partial charge on any atom is -0.489 e. The molecule has 1 heterocycles. The first-order chi connectivity index (χ1) is 17.0. The SMILES string of the molecule is CC(C(=O)Nc1cc(COc2ccncc2)ccc1CCCC(=O)O)c1cccc2ccccc12. The molecule has 1 aromatic heterocycles. The number of carbonyl (C=O) groups excluding carboxylic acids is 1. The number of aromatic nitrogens is 1. The van der Waals surface area contributed by atoms with Crippen LogP contribution in [0.1, 0.15) is 42.4 Å². The van der Waals surface area contributed by atoms with Crippen LogP contribution in [0.15, 0.2) is 85.2 Å². The molecule has 4 aromatic rings. The van der Waals surface area contributed by atoms with Crippen LogP contribution in [0, 0.1) is 0 Å². The lowest BCUT2D eigenvalue weighted by Crippen LogP contribution is -2.20.